The molecule has 0 spiro atoms. The van der Waals surface area contributed by atoms with Crippen molar-refractivity contribution in [1.82, 2.24) is 9.47 Å². The number of hydrogen-bond donors (Lipinski definition) is 0. The molecular weight excluding hydrogens is 348 g/mol. The molecule has 146 valence electrons. The zero-order chi connectivity index (χ0) is 19.3. The first-order valence-electron chi connectivity index (χ1n) is 10.2. The van der Waals surface area contributed by atoms with Crippen molar-refractivity contribution in [3.63, 3.8) is 0 Å². The van der Waals surface area contributed by atoms with Crippen LogP contribution in [0.4, 0.5) is 0 Å². The largest absolute Gasteiger partial charge is 0.383 e. The molecule has 4 heteroatoms. The molecule has 0 saturated carbocycles. The molecule has 4 rings (SSSR count). The summed E-state index contributed by atoms with van der Waals surface area (Å²) >= 11 is 0. The number of rotatable bonds is 7. The maximum atomic E-state index is 12.8. The molecule has 2 aromatic carbocycles. The highest BCUT2D eigenvalue weighted by molar-refractivity contribution is 5.88. The molecule has 1 aliphatic heterocycles. The van der Waals surface area contributed by atoms with Gasteiger partial charge in [-0.2, -0.15) is 0 Å². The third kappa shape index (κ3) is 3.97. The van der Waals surface area contributed by atoms with Crippen molar-refractivity contribution in [3.05, 3.63) is 71.4 Å². The maximum Gasteiger partial charge on any atom is 0.222 e. The summed E-state index contributed by atoms with van der Waals surface area (Å²) < 4.78 is 7.54. The minimum atomic E-state index is 0.269. The van der Waals surface area contributed by atoms with Crippen molar-refractivity contribution in [1.29, 1.82) is 0 Å². The van der Waals surface area contributed by atoms with Crippen LogP contribution in [0.1, 0.15) is 29.5 Å². The summed E-state index contributed by atoms with van der Waals surface area (Å²) in [5, 5.41) is 1.33. The summed E-state index contributed by atoms with van der Waals surface area (Å²) in [6.07, 6.45) is 5.64. The van der Waals surface area contributed by atoms with E-state index in [-0.39, 0.29) is 5.91 Å². The van der Waals surface area contributed by atoms with Gasteiger partial charge in [-0.3, -0.25) is 4.79 Å². The zero-order valence-corrected chi connectivity index (χ0v) is 16.6. The molecule has 1 aliphatic rings. The lowest BCUT2D eigenvalue weighted by molar-refractivity contribution is -0.131. The van der Waals surface area contributed by atoms with E-state index in [1.807, 2.05) is 11.0 Å². The lowest BCUT2D eigenvalue weighted by Gasteiger charge is -2.21. The normalized spacial score (nSPS) is 13.7. The Bertz CT molecular complexity index is 946. The quantitative estimate of drug-likeness (QED) is 0.619. The molecule has 0 atom stereocenters. The zero-order valence-electron chi connectivity index (χ0n) is 16.6. The van der Waals surface area contributed by atoms with Gasteiger partial charge in [0.2, 0.25) is 5.91 Å². The van der Waals surface area contributed by atoms with Gasteiger partial charge in [0.05, 0.1) is 6.61 Å². The Labute approximate surface area is 166 Å². The van der Waals surface area contributed by atoms with E-state index in [0.29, 0.717) is 19.6 Å². The highest BCUT2D eigenvalue weighted by Gasteiger charge is 2.22. The second-order valence-electron chi connectivity index (χ2n) is 7.56. The predicted molar refractivity (Wildman–Crippen MR) is 112 cm³/mol. The van der Waals surface area contributed by atoms with E-state index in [0.717, 1.165) is 32.4 Å². The van der Waals surface area contributed by atoms with E-state index in [1.165, 1.54) is 27.6 Å². The molecule has 1 amide bonds. The van der Waals surface area contributed by atoms with E-state index in [4.69, 9.17) is 4.74 Å². The van der Waals surface area contributed by atoms with Crippen LogP contribution < -0.4 is 0 Å². The first-order chi connectivity index (χ1) is 13.8. The van der Waals surface area contributed by atoms with Gasteiger partial charge in [0.25, 0.3) is 0 Å². The molecule has 28 heavy (non-hydrogen) atoms. The summed E-state index contributed by atoms with van der Waals surface area (Å²) in [5.41, 5.74) is 5.17. The Kier molecular flexibility index (Phi) is 5.77. The van der Waals surface area contributed by atoms with Gasteiger partial charge >= 0.3 is 0 Å². The van der Waals surface area contributed by atoms with Gasteiger partial charge < -0.3 is 14.2 Å². The summed E-state index contributed by atoms with van der Waals surface area (Å²) in [7, 11) is 1.74. The molecular formula is C24H28N2O2. The smallest absolute Gasteiger partial charge is 0.222 e. The Balaban J connectivity index is 1.44. The average Bonchev–Trinajstić information content (AvgIpc) is 2.97. The fourth-order valence-corrected chi connectivity index (χ4v) is 4.21. The highest BCUT2D eigenvalue weighted by Crippen LogP contribution is 2.29. The number of hydrogen-bond acceptors (Lipinski definition) is 2. The first-order valence-corrected chi connectivity index (χ1v) is 10.2. The van der Waals surface area contributed by atoms with Gasteiger partial charge in [-0.05, 0) is 42.0 Å². The lowest BCUT2D eigenvalue weighted by Crippen LogP contribution is -2.31. The van der Waals surface area contributed by atoms with Gasteiger partial charge in [-0.15, -0.1) is 0 Å². The Morgan fingerprint density at radius 3 is 2.75 bits per heavy atom. The van der Waals surface area contributed by atoms with Crippen molar-refractivity contribution < 1.29 is 9.53 Å². The van der Waals surface area contributed by atoms with Crippen LogP contribution in [-0.4, -0.2) is 35.6 Å². The van der Waals surface area contributed by atoms with E-state index in [9.17, 15) is 4.79 Å². The number of aryl methyl sites for hydroxylation is 1. The predicted octanol–water partition coefficient (Wildman–Crippen LogP) is 4.20. The number of methoxy groups -OCH3 is 1. The van der Waals surface area contributed by atoms with Crippen molar-refractivity contribution >= 4 is 16.8 Å². The fraction of sp³-hybridized carbons (Fsp3) is 0.375. The molecule has 0 radical (unpaired) electrons. The van der Waals surface area contributed by atoms with Crippen molar-refractivity contribution in [2.45, 2.75) is 38.8 Å². The Hall–Kier alpha value is -2.59. The summed E-state index contributed by atoms with van der Waals surface area (Å²) in [5.74, 6) is 0.269. The van der Waals surface area contributed by atoms with Gasteiger partial charge in [0.1, 0.15) is 0 Å². The van der Waals surface area contributed by atoms with Crippen LogP contribution in [0.3, 0.4) is 0 Å². The number of amides is 1. The van der Waals surface area contributed by atoms with Crippen molar-refractivity contribution in [3.8, 4) is 0 Å². The van der Waals surface area contributed by atoms with Crippen LogP contribution in [0.5, 0.6) is 0 Å². The minimum absolute atomic E-state index is 0.269. The number of ether oxygens (including phenoxy) is 1. The monoisotopic (exact) mass is 376 g/mol. The molecule has 2 heterocycles. The molecule has 0 fully saturated rings. The molecule has 0 aliphatic carbocycles. The fourth-order valence-electron chi connectivity index (χ4n) is 4.21. The van der Waals surface area contributed by atoms with Crippen LogP contribution in [0.25, 0.3) is 10.9 Å². The van der Waals surface area contributed by atoms with Crippen LogP contribution in [0, 0.1) is 0 Å². The van der Waals surface area contributed by atoms with Crippen LogP contribution >= 0.6 is 0 Å². The second-order valence-corrected chi connectivity index (χ2v) is 7.56. The first kappa shape index (κ1) is 18.8. The van der Waals surface area contributed by atoms with Crippen LogP contribution in [0.2, 0.25) is 0 Å². The average molecular weight is 377 g/mol. The number of aromatic nitrogens is 1. The second kappa shape index (κ2) is 8.61. The van der Waals surface area contributed by atoms with Crippen LogP contribution in [0.15, 0.2) is 54.7 Å². The number of carbonyl (C=O) groups excluding carboxylic acids is 1. The summed E-state index contributed by atoms with van der Waals surface area (Å²) in [6, 6.07) is 16.9. The number of nitrogens with zero attached hydrogens (tertiary/aromatic N) is 2. The third-order valence-corrected chi connectivity index (χ3v) is 5.67. The lowest BCUT2D eigenvalue weighted by atomic mass is 10.1. The van der Waals surface area contributed by atoms with E-state index in [2.05, 4.69) is 53.2 Å². The molecule has 0 bridgehead atoms. The summed E-state index contributed by atoms with van der Waals surface area (Å²) in [4.78, 5) is 14.9. The Morgan fingerprint density at radius 1 is 1.07 bits per heavy atom. The molecule has 0 unspecified atom stereocenters. The topological polar surface area (TPSA) is 34.5 Å². The van der Waals surface area contributed by atoms with E-state index < -0.39 is 0 Å². The standard InChI is InChI=1S/C24H28N2O2/c1-28-16-15-25-17-21-13-14-26(18-20-10-6-11-22(25)24(20)21)23(27)12-5-9-19-7-3-2-4-8-19/h2-4,6-8,10-11,17H,5,9,12-16,18H2,1H3. The van der Waals surface area contributed by atoms with Crippen molar-refractivity contribution in [2.75, 3.05) is 20.3 Å². The highest BCUT2D eigenvalue weighted by atomic mass is 16.5. The summed E-state index contributed by atoms with van der Waals surface area (Å²) in [6.45, 7) is 3.07. The number of carbonyl (C=O) groups is 1. The van der Waals surface area contributed by atoms with E-state index in [1.54, 1.807) is 7.11 Å². The van der Waals surface area contributed by atoms with Gasteiger partial charge in [-0.1, -0.05) is 42.5 Å². The van der Waals surface area contributed by atoms with Gasteiger partial charge in [0.15, 0.2) is 0 Å². The minimum Gasteiger partial charge on any atom is -0.383 e. The van der Waals surface area contributed by atoms with E-state index >= 15 is 0 Å². The van der Waals surface area contributed by atoms with Crippen molar-refractivity contribution in [2.24, 2.45) is 0 Å². The van der Waals surface area contributed by atoms with Crippen LogP contribution in [-0.2, 0) is 35.5 Å². The third-order valence-electron chi connectivity index (χ3n) is 5.67. The van der Waals surface area contributed by atoms with Gasteiger partial charge in [0, 0.05) is 50.3 Å². The maximum absolute atomic E-state index is 12.8. The number of benzene rings is 2. The molecule has 4 nitrogen and oxygen atoms in total. The SMILES string of the molecule is COCCn1cc2c3c(cccc31)CN(C(=O)CCCc1ccccc1)CC2. The Morgan fingerprint density at radius 2 is 1.93 bits per heavy atom. The molecule has 0 N–H and O–H groups in total. The molecule has 3 aromatic rings. The molecule has 1 aromatic heterocycles. The molecule has 0 saturated heterocycles. The van der Waals surface area contributed by atoms with Gasteiger partial charge in [-0.25, -0.2) is 0 Å².